The molecular formula is C48H36Fe2O12. The van der Waals surface area contributed by atoms with Crippen molar-refractivity contribution in [3.8, 4) is 33.4 Å². The Balaban J connectivity index is 0.000000315. The molecule has 0 aliphatic rings. The van der Waals surface area contributed by atoms with Gasteiger partial charge in [0.1, 0.15) is 0 Å². The Hall–Kier alpha value is -6.82. The second kappa shape index (κ2) is 22.1. The van der Waals surface area contributed by atoms with Crippen molar-refractivity contribution in [1.29, 1.82) is 0 Å². The van der Waals surface area contributed by atoms with Gasteiger partial charge in [-0.2, -0.15) is 0 Å². The van der Waals surface area contributed by atoms with Crippen molar-refractivity contribution >= 4 is 35.8 Å². The summed E-state index contributed by atoms with van der Waals surface area (Å²) in [6, 6.07) is 28.4. The molecule has 0 spiro atoms. The Labute approximate surface area is 378 Å². The molecule has 0 aromatic heterocycles. The van der Waals surface area contributed by atoms with Gasteiger partial charge < -0.3 is 59.4 Å². The Bertz CT molecular complexity index is 2360. The molecule has 0 N–H and O–H groups in total. The summed E-state index contributed by atoms with van der Waals surface area (Å²) in [6.45, 7) is 10.6. The smallest absolute Gasteiger partial charge is 0.545 e. The van der Waals surface area contributed by atoms with Crippen LogP contribution in [-0.4, -0.2) is 35.8 Å². The molecule has 6 aromatic rings. The van der Waals surface area contributed by atoms with E-state index in [4.69, 9.17) is 0 Å². The first-order valence-corrected chi connectivity index (χ1v) is 18.1. The maximum absolute atomic E-state index is 11.0. The normalized spacial score (nSPS) is 9.97. The quantitative estimate of drug-likeness (QED) is 0.190. The van der Waals surface area contributed by atoms with Gasteiger partial charge in [0.25, 0.3) is 0 Å². The molecule has 0 aliphatic heterocycles. The Morgan fingerprint density at radius 3 is 0.629 bits per heavy atom. The number of benzene rings is 6. The number of carboxylic acids is 6. The molecule has 0 bridgehead atoms. The van der Waals surface area contributed by atoms with E-state index in [9.17, 15) is 59.4 Å². The van der Waals surface area contributed by atoms with E-state index in [1.165, 1.54) is 54.6 Å². The first-order chi connectivity index (χ1) is 28.2. The molecule has 62 heavy (non-hydrogen) atoms. The van der Waals surface area contributed by atoms with E-state index in [0.717, 1.165) is 50.1 Å². The Morgan fingerprint density at radius 1 is 0.274 bits per heavy atom. The minimum atomic E-state index is -1.23. The van der Waals surface area contributed by atoms with Crippen molar-refractivity contribution in [3.63, 3.8) is 0 Å². The summed E-state index contributed by atoms with van der Waals surface area (Å²) in [7, 11) is 0. The number of hydrogen-bond donors (Lipinski definition) is 0. The fraction of sp³-hybridized carbons (Fsp3) is 0.125. The van der Waals surface area contributed by atoms with Crippen LogP contribution in [0.1, 0.15) is 95.5 Å². The van der Waals surface area contributed by atoms with Crippen molar-refractivity contribution in [2.24, 2.45) is 0 Å². The van der Waals surface area contributed by atoms with Gasteiger partial charge in [-0.15, -0.1) is 0 Å². The maximum Gasteiger partial charge on any atom is 3.00 e. The third-order valence-electron chi connectivity index (χ3n) is 10.3. The van der Waals surface area contributed by atoms with E-state index in [1.807, 2.05) is 20.8 Å². The molecule has 316 valence electrons. The van der Waals surface area contributed by atoms with E-state index in [1.54, 1.807) is 75.4 Å². The number of aromatic carboxylic acids is 6. The Kier molecular flexibility index (Phi) is 18.3. The maximum atomic E-state index is 11.0. The van der Waals surface area contributed by atoms with Crippen molar-refractivity contribution in [1.82, 2.24) is 0 Å². The summed E-state index contributed by atoms with van der Waals surface area (Å²) < 4.78 is 0. The van der Waals surface area contributed by atoms with E-state index in [2.05, 4.69) is 0 Å². The minimum absolute atomic E-state index is 0. The van der Waals surface area contributed by atoms with Gasteiger partial charge in [-0.05, 0) is 125 Å². The zero-order valence-electron chi connectivity index (χ0n) is 34.0. The van der Waals surface area contributed by atoms with Crippen LogP contribution in [0, 0.1) is 41.5 Å². The summed E-state index contributed by atoms with van der Waals surface area (Å²) in [5.74, 6) is -7.29. The van der Waals surface area contributed by atoms with Crippen LogP contribution in [0.15, 0.2) is 109 Å². The van der Waals surface area contributed by atoms with Gasteiger partial charge in [-0.25, -0.2) is 0 Å². The van der Waals surface area contributed by atoms with E-state index < -0.39 is 35.8 Å². The molecule has 0 amide bonds. The van der Waals surface area contributed by atoms with Gasteiger partial charge in [0.15, 0.2) is 0 Å². The van der Waals surface area contributed by atoms with Gasteiger partial charge in [0.05, 0.1) is 35.8 Å². The van der Waals surface area contributed by atoms with E-state index in [0.29, 0.717) is 16.7 Å². The van der Waals surface area contributed by atoms with Crippen molar-refractivity contribution < 1.29 is 93.5 Å². The number of hydrogen-bond acceptors (Lipinski definition) is 12. The summed E-state index contributed by atoms with van der Waals surface area (Å²) in [5.41, 5.74) is 10.3. The predicted molar refractivity (Wildman–Crippen MR) is 210 cm³/mol. The number of carboxylic acid groups (broad SMARTS) is 6. The van der Waals surface area contributed by atoms with Crippen molar-refractivity contribution in [2.45, 2.75) is 41.5 Å². The van der Waals surface area contributed by atoms with Crippen LogP contribution in [0.3, 0.4) is 0 Å². The van der Waals surface area contributed by atoms with Crippen LogP contribution in [0.5, 0.6) is 0 Å². The summed E-state index contributed by atoms with van der Waals surface area (Å²) in [6.07, 6.45) is 0. The topological polar surface area (TPSA) is 241 Å². The molecule has 6 aromatic carbocycles. The molecule has 0 saturated heterocycles. The molecule has 2 radical (unpaired) electrons. The largest absolute Gasteiger partial charge is 3.00 e. The molecule has 0 saturated carbocycles. The van der Waals surface area contributed by atoms with Gasteiger partial charge >= 0.3 is 34.1 Å². The summed E-state index contributed by atoms with van der Waals surface area (Å²) in [4.78, 5) is 65.0. The van der Waals surface area contributed by atoms with Crippen LogP contribution in [-0.2, 0) is 34.1 Å². The standard InChI is InChI=1S/3C16H14O4.2Fe/c3*1-9-10(2)14(16(19)20)8-7-13(9)11-3-5-12(6-4-11)15(17)18;;/h3*3-8H,1-2H3,(H,17,18)(H,19,20);;/q;;;2*+3/p-6. The van der Waals surface area contributed by atoms with Gasteiger partial charge in [-0.1, -0.05) is 109 Å². The average molecular weight is 916 g/mol. The molecule has 0 unspecified atom stereocenters. The third kappa shape index (κ3) is 11.9. The number of carbonyl (C=O) groups is 6. The first kappa shape index (κ1) is 51.3. The zero-order valence-corrected chi connectivity index (χ0v) is 36.2. The van der Waals surface area contributed by atoms with Crippen LogP contribution < -0.4 is 30.6 Å². The molecule has 0 atom stereocenters. The van der Waals surface area contributed by atoms with Gasteiger partial charge in [0, 0.05) is 16.7 Å². The minimum Gasteiger partial charge on any atom is -0.545 e. The molecule has 0 fully saturated rings. The fourth-order valence-electron chi connectivity index (χ4n) is 6.42. The van der Waals surface area contributed by atoms with Crippen molar-refractivity contribution in [3.05, 3.63) is 176 Å². The number of rotatable bonds is 9. The predicted octanol–water partition coefficient (Wildman–Crippen LogP) is 2.09. The fourth-order valence-corrected chi connectivity index (χ4v) is 6.42. The molecular weight excluding hydrogens is 880 g/mol. The zero-order chi connectivity index (χ0) is 44.6. The monoisotopic (exact) mass is 916 g/mol. The summed E-state index contributed by atoms with van der Waals surface area (Å²) in [5, 5.41) is 65.0. The second-order valence-electron chi connectivity index (χ2n) is 13.7. The molecule has 0 aliphatic carbocycles. The van der Waals surface area contributed by atoms with Crippen LogP contribution in [0.25, 0.3) is 33.4 Å². The van der Waals surface area contributed by atoms with Gasteiger partial charge in [0.2, 0.25) is 0 Å². The summed E-state index contributed by atoms with van der Waals surface area (Å²) >= 11 is 0. The van der Waals surface area contributed by atoms with Crippen LogP contribution in [0.2, 0.25) is 0 Å². The second-order valence-corrected chi connectivity index (χ2v) is 13.7. The average Bonchev–Trinajstić information content (AvgIpc) is 3.21. The first-order valence-electron chi connectivity index (χ1n) is 18.1. The SMILES string of the molecule is Cc1c(C(=O)[O-])ccc(-c2ccc(C(=O)[O-])cc2)c1C.Cc1c(C(=O)[O-])ccc(-c2ccc(C(=O)[O-])cc2)c1C.Cc1c(C(=O)[O-])ccc(-c2ccc(C(=O)[O-])cc2)c1C.[Fe+3].[Fe+3]. The van der Waals surface area contributed by atoms with Crippen molar-refractivity contribution in [2.75, 3.05) is 0 Å². The molecule has 14 heteroatoms. The molecule has 6 rings (SSSR count). The molecule has 12 nitrogen and oxygen atoms in total. The molecule has 0 heterocycles. The van der Waals surface area contributed by atoms with Crippen LogP contribution >= 0.6 is 0 Å². The van der Waals surface area contributed by atoms with Crippen LogP contribution in [0.4, 0.5) is 0 Å². The number of carbonyl (C=O) groups excluding carboxylic acids is 6. The van der Waals surface area contributed by atoms with Gasteiger partial charge in [-0.3, -0.25) is 0 Å². The third-order valence-corrected chi connectivity index (χ3v) is 10.3. The Morgan fingerprint density at radius 2 is 0.468 bits per heavy atom. The van der Waals surface area contributed by atoms with E-state index >= 15 is 0 Å². The van der Waals surface area contributed by atoms with E-state index in [-0.39, 0.29) is 67.5 Å².